The molecule has 0 bridgehead atoms. The van der Waals surface area contributed by atoms with Crippen LogP contribution in [0.1, 0.15) is 17.5 Å². The van der Waals surface area contributed by atoms with E-state index in [0.717, 1.165) is 31.7 Å². The molecule has 1 aromatic carbocycles. The Balaban J connectivity index is 2.13. The molecule has 0 spiro atoms. The second-order valence-corrected chi connectivity index (χ2v) is 3.95. The van der Waals surface area contributed by atoms with Gasteiger partial charge in [-0.3, -0.25) is 0 Å². The smallest absolute Gasteiger partial charge is 0.126 e. The molecule has 1 rings (SSSR count). The third-order valence-electron chi connectivity index (χ3n) is 2.44. The molecule has 0 saturated carbocycles. The highest BCUT2D eigenvalue weighted by molar-refractivity contribution is 5.23. The van der Waals surface area contributed by atoms with Crippen molar-refractivity contribution in [3.63, 3.8) is 0 Å². The lowest BCUT2D eigenvalue weighted by atomic mass is 10.1. The maximum Gasteiger partial charge on any atom is 0.126 e. The van der Waals surface area contributed by atoms with Crippen LogP contribution in [-0.2, 0) is 11.3 Å². The van der Waals surface area contributed by atoms with E-state index in [0.29, 0.717) is 12.2 Å². The molecule has 0 aromatic heterocycles. The Bertz CT molecular complexity index is 352. The van der Waals surface area contributed by atoms with Gasteiger partial charge in [0.25, 0.3) is 0 Å². The minimum absolute atomic E-state index is 0.151. The minimum Gasteiger partial charge on any atom is -0.380 e. The first-order valence-electron chi connectivity index (χ1n) is 5.88. The van der Waals surface area contributed by atoms with E-state index in [4.69, 9.17) is 4.74 Å². The van der Waals surface area contributed by atoms with Crippen LogP contribution in [0.15, 0.2) is 30.9 Å². The van der Waals surface area contributed by atoms with Crippen LogP contribution >= 0.6 is 0 Å². The van der Waals surface area contributed by atoms with E-state index >= 15 is 0 Å². The molecule has 1 N–H and O–H groups in total. The Morgan fingerprint density at radius 3 is 2.94 bits per heavy atom. The van der Waals surface area contributed by atoms with Crippen LogP contribution in [0.5, 0.6) is 0 Å². The lowest BCUT2D eigenvalue weighted by Crippen LogP contribution is -2.19. The summed E-state index contributed by atoms with van der Waals surface area (Å²) in [4.78, 5) is 0. The van der Waals surface area contributed by atoms with E-state index in [1.165, 1.54) is 6.07 Å². The summed E-state index contributed by atoms with van der Waals surface area (Å²) in [5.74, 6) is -0.151. The first kappa shape index (κ1) is 13.9. The van der Waals surface area contributed by atoms with E-state index in [9.17, 15) is 4.39 Å². The molecule has 0 saturated heterocycles. The van der Waals surface area contributed by atoms with E-state index in [2.05, 4.69) is 11.9 Å². The molecule has 0 aliphatic heterocycles. The molecule has 0 aliphatic rings. The summed E-state index contributed by atoms with van der Waals surface area (Å²) in [7, 11) is 0. The Morgan fingerprint density at radius 2 is 2.24 bits per heavy atom. The summed E-state index contributed by atoms with van der Waals surface area (Å²) in [5.41, 5.74) is 1.78. The lowest BCUT2D eigenvalue weighted by molar-refractivity contribution is 0.140. The van der Waals surface area contributed by atoms with E-state index in [1.807, 2.05) is 12.1 Å². The lowest BCUT2D eigenvalue weighted by Gasteiger charge is -2.06. The van der Waals surface area contributed by atoms with Gasteiger partial charge in [0, 0.05) is 13.1 Å². The van der Waals surface area contributed by atoms with Gasteiger partial charge >= 0.3 is 0 Å². The average Bonchev–Trinajstić information content (AvgIpc) is 2.32. The van der Waals surface area contributed by atoms with Gasteiger partial charge in [-0.25, -0.2) is 4.39 Å². The van der Waals surface area contributed by atoms with Crippen molar-refractivity contribution in [3.8, 4) is 0 Å². The summed E-state index contributed by atoms with van der Waals surface area (Å²) in [6, 6.07) is 5.17. The second-order valence-electron chi connectivity index (χ2n) is 3.95. The van der Waals surface area contributed by atoms with Crippen molar-refractivity contribution < 1.29 is 9.13 Å². The highest BCUT2D eigenvalue weighted by Crippen LogP contribution is 2.08. The second kappa shape index (κ2) is 7.98. The van der Waals surface area contributed by atoms with Gasteiger partial charge in [0.05, 0.1) is 13.2 Å². The third kappa shape index (κ3) is 5.61. The SMILES string of the molecule is C=CCCOCCNCc1ccc(F)c(C)c1. The summed E-state index contributed by atoms with van der Waals surface area (Å²) in [6.45, 7) is 8.35. The molecule has 0 heterocycles. The molecule has 94 valence electrons. The summed E-state index contributed by atoms with van der Waals surface area (Å²) < 4.78 is 18.4. The van der Waals surface area contributed by atoms with Gasteiger partial charge in [-0.15, -0.1) is 6.58 Å². The van der Waals surface area contributed by atoms with Crippen molar-refractivity contribution in [1.29, 1.82) is 0 Å². The maximum atomic E-state index is 13.0. The molecule has 0 aliphatic carbocycles. The van der Waals surface area contributed by atoms with Crippen molar-refractivity contribution in [2.75, 3.05) is 19.8 Å². The Labute approximate surface area is 102 Å². The fraction of sp³-hybridized carbons (Fsp3) is 0.429. The number of nitrogens with one attached hydrogen (secondary N) is 1. The van der Waals surface area contributed by atoms with Crippen LogP contribution in [0.4, 0.5) is 4.39 Å². The molecule has 2 nitrogen and oxygen atoms in total. The van der Waals surface area contributed by atoms with Crippen LogP contribution in [0.3, 0.4) is 0 Å². The highest BCUT2D eigenvalue weighted by Gasteiger charge is 1.98. The van der Waals surface area contributed by atoms with Gasteiger partial charge in [-0.2, -0.15) is 0 Å². The maximum absolute atomic E-state index is 13.0. The van der Waals surface area contributed by atoms with E-state index in [1.54, 1.807) is 13.0 Å². The fourth-order valence-electron chi connectivity index (χ4n) is 1.46. The van der Waals surface area contributed by atoms with Crippen LogP contribution in [0.2, 0.25) is 0 Å². The monoisotopic (exact) mass is 237 g/mol. The molecule has 3 heteroatoms. The van der Waals surface area contributed by atoms with Gasteiger partial charge in [-0.05, 0) is 30.5 Å². The van der Waals surface area contributed by atoms with Crippen LogP contribution in [0.25, 0.3) is 0 Å². The Morgan fingerprint density at radius 1 is 1.41 bits per heavy atom. The molecule has 17 heavy (non-hydrogen) atoms. The zero-order chi connectivity index (χ0) is 12.5. The average molecular weight is 237 g/mol. The van der Waals surface area contributed by atoms with Gasteiger partial charge in [0.15, 0.2) is 0 Å². The number of aryl methyl sites for hydroxylation is 1. The zero-order valence-electron chi connectivity index (χ0n) is 10.3. The van der Waals surface area contributed by atoms with Crippen molar-refractivity contribution in [2.24, 2.45) is 0 Å². The molecule has 0 radical (unpaired) electrons. The third-order valence-corrected chi connectivity index (χ3v) is 2.44. The minimum atomic E-state index is -0.151. The van der Waals surface area contributed by atoms with E-state index in [-0.39, 0.29) is 5.82 Å². The molecule has 0 amide bonds. The fourth-order valence-corrected chi connectivity index (χ4v) is 1.46. The molecule has 0 fully saturated rings. The Kier molecular flexibility index (Phi) is 6.51. The van der Waals surface area contributed by atoms with Gasteiger partial charge in [0.1, 0.15) is 5.82 Å². The molecule has 0 unspecified atom stereocenters. The Hall–Kier alpha value is -1.19. The predicted octanol–water partition coefficient (Wildman–Crippen LogP) is 2.82. The van der Waals surface area contributed by atoms with Crippen molar-refractivity contribution >= 4 is 0 Å². The molecule has 0 atom stereocenters. The topological polar surface area (TPSA) is 21.3 Å². The molecular weight excluding hydrogens is 217 g/mol. The first-order chi connectivity index (χ1) is 8.24. The van der Waals surface area contributed by atoms with Crippen molar-refractivity contribution in [1.82, 2.24) is 5.32 Å². The van der Waals surface area contributed by atoms with Gasteiger partial charge < -0.3 is 10.1 Å². The van der Waals surface area contributed by atoms with E-state index < -0.39 is 0 Å². The van der Waals surface area contributed by atoms with Crippen molar-refractivity contribution in [2.45, 2.75) is 19.9 Å². The number of hydrogen-bond donors (Lipinski definition) is 1. The standard InChI is InChI=1S/C14H20FNO/c1-3-4-8-17-9-7-16-11-13-5-6-14(15)12(2)10-13/h3,5-6,10,16H,1,4,7-9,11H2,2H3. The van der Waals surface area contributed by atoms with Gasteiger partial charge in [-0.1, -0.05) is 18.2 Å². The molecular formula is C14H20FNO. The largest absolute Gasteiger partial charge is 0.380 e. The van der Waals surface area contributed by atoms with Crippen LogP contribution in [0, 0.1) is 12.7 Å². The number of hydrogen-bond acceptors (Lipinski definition) is 2. The van der Waals surface area contributed by atoms with Gasteiger partial charge in [0.2, 0.25) is 0 Å². The predicted molar refractivity (Wildman–Crippen MR) is 68.5 cm³/mol. The number of rotatable bonds is 8. The summed E-state index contributed by atoms with van der Waals surface area (Å²) >= 11 is 0. The van der Waals surface area contributed by atoms with Crippen LogP contribution in [-0.4, -0.2) is 19.8 Å². The highest BCUT2D eigenvalue weighted by atomic mass is 19.1. The summed E-state index contributed by atoms with van der Waals surface area (Å²) in [5, 5.41) is 3.25. The normalized spacial score (nSPS) is 10.5. The quantitative estimate of drug-likeness (QED) is 0.554. The number of ether oxygens (including phenoxy) is 1. The number of halogens is 1. The number of benzene rings is 1. The summed E-state index contributed by atoms with van der Waals surface area (Å²) in [6.07, 6.45) is 2.73. The zero-order valence-corrected chi connectivity index (χ0v) is 10.3. The first-order valence-corrected chi connectivity index (χ1v) is 5.88. The van der Waals surface area contributed by atoms with Crippen molar-refractivity contribution in [3.05, 3.63) is 47.8 Å². The molecule has 1 aromatic rings. The van der Waals surface area contributed by atoms with Crippen LogP contribution < -0.4 is 5.32 Å².